The van der Waals surface area contributed by atoms with Gasteiger partial charge in [-0.15, -0.1) is 0 Å². The number of carboxylic acid groups (broad SMARTS) is 1. The fraction of sp³-hybridized carbons (Fsp3) is 0.0714. The zero-order valence-corrected chi connectivity index (χ0v) is 10.9. The van der Waals surface area contributed by atoms with Crippen LogP contribution in [0.15, 0.2) is 36.4 Å². The van der Waals surface area contributed by atoms with E-state index >= 15 is 0 Å². The van der Waals surface area contributed by atoms with E-state index in [1.165, 1.54) is 18.2 Å². The lowest BCUT2D eigenvalue weighted by Crippen LogP contribution is -1.99. The van der Waals surface area contributed by atoms with Gasteiger partial charge in [0.1, 0.15) is 11.5 Å². The number of aromatic carboxylic acids is 1. The summed E-state index contributed by atoms with van der Waals surface area (Å²) in [5.41, 5.74) is 7.06. The Balaban J connectivity index is 2.33. The van der Waals surface area contributed by atoms with Crippen LogP contribution in [-0.2, 0) is 0 Å². The lowest BCUT2D eigenvalue weighted by Gasteiger charge is -2.11. The van der Waals surface area contributed by atoms with Crippen LogP contribution in [0.2, 0.25) is 5.02 Å². The molecule has 5 heteroatoms. The maximum Gasteiger partial charge on any atom is 0.335 e. The zero-order valence-electron chi connectivity index (χ0n) is 10.2. The molecule has 0 atom stereocenters. The van der Waals surface area contributed by atoms with Crippen molar-refractivity contribution in [2.45, 2.75) is 6.92 Å². The van der Waals surface area contributed by atoms with Crippen molar-refractivity contribution in [3.05, 3.63) is 52.5 Å². The molecule has 0 aromatic heterocycles. The molecule has 0 saturated heterocycles. The lowest BCUT2D eigenvalue weighted by atomic mass is 10.2. The predicted molar refractivity (Wildman–Crippen MR) is 74.1 cm³/mol. The van der Waals surface area contributed by atoms with Crippen molar-refractivity contribution >= 4 is 23.3 Å². The van der Waals surface area contributed by atoms with Gasteiger partial charge in [0.05, 0.1) is 11.3 Å². The molecule has 0 aliphatic carbocycles. The Morgan fingerprint density at radius 2 is 1.95 bits per heavy atom. The van der Waals surface area contributed by atoms with E-state index in [-0.39, 0.29) is 11.3 Å². The normalized spacial score (nSPS) is 10.2. The summed E-state index contributed by atoms with van der Waals surface area (Å²) in [5, 5.41) is 9.41. The minimum Gasteiger partial charge on any atom is -0.478 e. The molecule has 98 valence electrons. The summed E-state index contributed by atoms with van der Waals surface area (Å²) < 4.78 is 5.65. The highest BCUT2D eigenvalue weighted by atomic mass is 35.5. The standard InChI is InChI=1S/C14H12ClNO3/c1-8-2-4-10(15)7-13(8)19-12-5-3-9(14(17)18)6-11(12)16/h2-7H,16H2,1H3,(H,17,18). The molecule has 2 aromatic carbocycles. The number of benzene rings is 2. The molecule has 0 saturated carbocycles. The van der Waals surface area contributed by atoms with Crippen LogP contribution in [0.25, 0.3) is 0 Å². The largest absolute Gasteiger partial charge is 0.478 e. The van der Waals surface area contributed by atoms with Gasteiger partial charge in [-0.3, -0.25) is 0 Å². The molecule has 19 heavy (non-hydrogen) atoms. The van der Waals surface area contributed by atoms with Gasteiger partial charge in [-0.1, -0.05) is 17.7 Å². The van der Waals surface area contributed by atoms with Gasteiger partial charge in [0.2, 0.25) is 0 Å². The molecule has 0 bridgehead atoms. The van der Waals surface area contributed by atoms with Crippen molar-refractivity contribution in [1.29, 1.82) is 0 Å². The molecule has 0 heterocycles. The van der Waals surface area contributed by atoms with E-state index in [9.17, 15) is 4.79 Å². The molecule has 0 radical (unpaired) electrons. The van der Waals surface area contributed by atoms with Crippen LogP contribution in [0, 0.1) is 6.92 Å². The Labute approximate surface area is 115 Å². The summed E-state index contributed by atoms with van der Waals surface area (Å²) in [7, 11) is 0. The first kappa shape index (κ1) is 13.2. The maximum absolute atomic E-state index is 10.8. The van der Waals surface area contributed by atoms with E-state index in [0.29, 0.717) is 16.5 Å². The summed E-state index contributed by atoms with van der Waals surface area (Å²) in [5.74, 6) is -0.0465. The highest BCUT2D eigenvalue weighted by molar-refractivity contribution is 6.30. The third-order valence-corrected chi connectivity index (χ3v) is 2.86. The van der Waals surface area contributed by atoms with Crippen LogP contribution in [-0.4, -0.2) is 11.1 Å². The Bertz CT molecular complexity index is 641. The molecular formula is C14H12ClNO3. The lowest BCUT2D eigenvalue weighted by molar-refractivity contribution is 0.0697. The van der Waals surface area contributed by atoms with E-state index in [1.54, 1.807) is 12.1 Å². The number of aryl methyl sites for hydroxylation is 1. The fourth-order valence-electron chi connectivity index (χ4n) is 1.58. The topological polar surface area (TPSA) is 72.5 Å². The van der Waals surface area contributed by atoms with E-state index in [4.69, 9.17) is 27.2 Å². The molecule has 0 spiro atoms. The van der Waals surface area contributed by atoms with Crippen LogP contribution < -0.4 is 10.5 Å². The molecule has 0 fully saturated rings. The molecule has 4 nitrogen and oxygen atoms in total. The number of halogens is 1. The maximum atomic E-state index is 10.8. The van der Waals surface area contributed by atoms with Gasteiger partial charge in [0.15, 0.2) is 0 Å². The van der Waals surface area contributed by atoms with Crippen LogP contribution in [0.4, 0.5) is 5.69 Å². The molecular weight excluding hydrogens is 266 g/mol. The molecule has 0 amide bonds. The Morgan fingerprint density at radius 1 is 1.21 bits per heavy atom. The second-order valence-corrected chi connectivity index (χ2v) is 4.51. The molecule has 0 aliphatic heterocycles. The first-order chi connectivity index (χ1) is 8.97. The van der Waals surface area contributed by atoms with Gasteiger partial charge >= 0.3 is 5.97 Å². The first-order valence-electron chi connectivity index (χ1n) is 5.54. The Morgan fingerprint density at radius 3 is 2.58 bits per heavy atom. The number of carbonyl (C=O) groups is 1. The summed E-state index contributed by atoms with van der Waals surface area (Å²) in [4.78, 5) is 10.8. The van der Waals surface area contributed by atoms with Gasteiger partial charge in [0.25, 0.3) is 0 Å². The van der Waals surface area contributed by atoms with E-state index in [0.717, 1.165) is 5.56 Å². The number of hydrogen-bond acceptors (Lipinski definition) is 3. The highest BCUT2D eigenvalue weighted by Gasteiger charge is 2.09. The third-order valence-electron chi connectivity index (χ3n) is 2.63. The van der Waals surface area contributed by atoms with Gasteiger partial charge in [-0.05, 0) is 42.8 Å². The second kappa shape index (κ2) is 5.20. The minimum atomic E-state index is -1.03. The first-order valence-corrected chi connectivity index (χ1v) is 5.92. The van der Waals surface area contributed by atoms with Crippen molar-refractivity contribution in [2.75, 3.05) is 5.73 Å². The van der Waals surface area contributed by atoms with Gasteiger partial charge in [-0.2, -0.15) is 0 Å². The van der Waals surface area contributed by atoms with Crippen LogP contribution in [0.3, 0.4) is 0 Å². The number of anilines is 1. The van der Waals surface area contributed by atoms with E-state index in [1.807, 2.05) is 13.0 Å². The quantitative estimate of drug-likeness (QED) is 0.839. The van der Waals surface area contributed by atoms with Gasteiger partial charge in [0, 0.05) is 5.02 Å². The van der Waals surface area contributed by atoms with Crippen molar-refractivity contribution in [3.8, 4) is 11.5 Å². The van der Waals surface area contributed by atoms with Crippen molar-refractivity contribution in [1.82, 2.24) is 0 Å². The molecule has 3 N–H and O–H groups in total. The smallest absolute Gasteiger partial charge is 0.335 e. The third kappa shape index (κ3) is 2.98. The number of ether oxygens (including phenoxy) is 1. The molecule has 2 rings (SSSR count). The minimum absolute atomic E-state index is 0.118. The van der Waals surface area contributed by atoms with Gasteiger partial charge < -0.3 is 15.6 Å². The van der Waals surface area contributed by atoms with Crippen LogP contribution in [0.5, 0.6) is 11.5 Å². The Kier molecular flexibility index (Phi) is 3.62. The number of nitrogen functional groups attached to an aromatic ring is 1. The second-order valence-electron chi connectivity index (χ2n) is 4.07. The SMILES string of the molecule is Cc1ccc(Cl)cc1Oc1ccc(C(=O)O)cc1N. The van der Waals surface area contributed by atoms with E-state index < -0.39 is 5.97 Å². The Hall–Kier alpha value is -2.20. The van der Waals surface area contributed by atoms with Crippen molar-refractivity contribution in [3.63, 3.8) is 0 Å². The summed E-state index contributed by atoms with van der Waals surface area (Å²) in [6.45, 7) is 1.88. The van der Waals surface area contributed by atoms with Crippen LogP contribution in [0.1, 0.15) is 15.9 Å². The predicted octanol–water partition coefficient (Wildman–Crippen LogP) is 3.72. The summed E-state index contributed by atoms with van der Waals surface area (Å²) in [6, 6.07) is 9.60. The number of hydrogen-bond donors (Lipinski definition) is 2. The molecule has 2 aromatic rings. The summed E-state index contributed by atoms with van der Waals surface area (Å²) in [6.07, 6.45) is 0. The van der Waals surface area contributed by atoms with Gasteiger partial charge in [-0.25, -0.2) is 4.79 Å². The van der Waals surface area contributed by atoms with E-state index in [2.05, 4.69) is 0 Å². The average Bonchev–Trinajstić information content (AvgIpc) is 2.36. The fourth-order valence-corrected chi connectivity index (χ4v) is 1.74. The van der Waals surface area contributed by atoms with Crippen molar-refractivity contribution in [2.24, 2.45) is 0 Å². The van der Waals surface area contributed by atoms with Crippen molar-refractivity contribution < 1.29 is 14.6 Å². The number of nitrogens with two attached hydrogens (primary N) is 1. The monoisotopic (exact) mass is 277 g/mol. The summed E-state index contributed by atoms with van der Waals surface area (Å²) >= 11 is 5.90. The average molecular weight is 278 g/mol. The number of carboxylic acids is 1. The highest BCUT2D eigenvalue weighted by Crippen LogP contribution is 2.31. The molecule has 0 unspecified atom stereocenters. The zero-order chi connectivity index (χ0) is 14.0. The molecule has 0 aliphatic rings. The number of rotatable bonds is 3. The van der Waals surface area contributed by atoms with Crippen LogP contribution >= 0.6 is 11.6 Å².